The van der Waals surface area contributed by atoms with Gasteiger partial charge in [-0.25, -0.2) is 18.3 Å². The lowest BCUT2D eigenvalue weighted by Gasteiger charge is -2.25. The summed E-state index contributed by atoms with van der Waals surface area (Å²) in [6.07, 6.45) is 2.04. The van der Waals surface area contributed by atoms with E-state index in [-0.39, 0.29) is 17.7 Å². The Hall–Kier alpha value is -2.51. The van der Waals surface area contributed by atoms with E-state index in [1.807, 2.05) is 6.92 Å². The first-order chi connectivity index (χ1) is 11.9. The highest BCUT2D eigenvalue weighted by atomic mass is 19.1. The average molecular weight is 350 g/mol. The van der Waals surface area contributed by atoms with Crippen LogP contribution < -0.4 is 11.0 Å². The molecule has 134 valence electrons. The number of benzene rings is 1. The summed E-state index contributed by atoms with van der Waals surface area (Å²) in [7, 11) is 1.45. The van der Waals surface area contributed by atoms with Crippen LogP contribution in [-0.4, -0.2) is 27.2 Å². The molecule has 1 aromatic heterocycles. The Morgan fingerprint density at radius 1 is 1.44 bits per heavy atom. The van der Waals surface area contributed by atoms with E-state index in [1.165, 1.54) is 19.2 Å². The number of aromatic amines is 1. The zero-order valence-corrected chi connectivity index (χ0v) is 14.1. The molecular formula is C17H20F2N4O2. The molecule has 1 aliphatic rings. The maximum atomic E-state index is 14.1. The summed E-state index contributed by atoms with van der Waals surface area (Å²) in [5.74, 6) is -1.46. The molecule has 2 aromatic rings. The largest absolute Gasteiger partial charge is 0.349 e. The van der Waals surface area contributed by atoms with Crippen molar-refractivity contribution >= 4 is 5.91 Å². The zero-order valence-electron chi connectivity index (χ0n) is 14.1. The highest BCUT2D eigenvalue weighted by molar-refractivity contribution is 5.90. The summed E-state index contributed by atoms with van der Waals surface area (Å²) < 4.78 is 28.2. The fourth-order valence-electron chi connectivity index (χ4n) is 3.18. The predicted molar refractivity (Wildman–Crippen MR) is 87.1 cm³/mol. The number of hydrogen-bond donors (Lipinski definition) is 2. The van der Waals surface area contributed by atoms with E-state index in [4.69, 9.17) is 0 Å². The molecule has 8 heteroatoms. The number of halogens is 2. The Bertz CT molecular complexity index is 841. The van der Waals surface area contributed by atoms with Gasteiger partial charge in [-0.3, -0.25) is 9.78 Å². The lowest BCUT2D eigenvalue weighted by molar-refractivity contribution is 0.0932. The van der Waals surface area contributed by atoms with Gasteiger partial charge in [-0.2, -0.15) is 0 Å². The van der Waals surface area contributed by atoms with Gasteiger partial charge in [-0.1, -0.05) is 13.0 Å². The van der Waals surface area contributed by atoms with E-state index in [2.05, 4.69) is 15.4 Å². The van der Waals surface area contributed by atoms with Crippen LogP contribution in [0.25, 0.3) is 0 Å². The van der Waals surface area contributed by atoms with Crippen LogP contribution in [-0.2, 0) is 7.05 Å². The minimum Gasteiger partial charge on any atom is -0.349 e. The van der Waals surface area contributed by atoms with Crippen molar-refractivity contribution in [1.29, 1.82) is 0 Å². The molecule has 0 aliphatic heterocycles. The first-order valence-electron chi connectivity index (χ1n) is 8.23. The zero-order chi connectivity index (χ0) is 18.1. The van der Waals surface area contributed by atoms with E-state index < -0.39 is 23.2 Å². The normalized spacial score (nSPS) is 16.5. The number of nitrogens with zero attached hydrogens (tertiary/aromatic N) is 2. The highest BCUT2D eigenvalue weighted by Crippen LogP contribution is 2.44. The van der Waals surface area contributed by atoms with Crippen molar-refractivity contribution in [3.63, 3.8) is 0 Å². The number of carbonyl (C=O) groups is 1. The second-order valence-corrected chi connectivity index (χ2v) is 6.57. The molecule has 25 heavy (non-hydrogen) atoms. The summed E-state index contributed by atoms with van der Waals surface area (Å²) in [5.41, 5.74) is -0.0237. The van der Waals surface area contributed by atoms with Crippen LogP contribution in [0, 0.1) is 23.5 Å². The third-order valence-corrected chi connectivity index (χ3v) is 4.81. The topological polar surface area (TPSA) is 79.8 Å². The van der Waals surface area contributed by atoms with E-state index in [9.17, 15) is 18.4 Å². The van der Waals surface area contributed by atoms with Gasteiger partial charge < -0.3 is 5.32 Å². The lowest BCUT2D eigenvalue weighted by atomic mass is 9.83. The molecule has 0 spiro atoms. The summed E-state index contributed by atoms with van der Waals surface area (Å²) in [4.78, 5) is 25.9. The van der Waals surface area contributed by atoms with Crippen LogP contribution >= 0.6 is 0 Å². The molecule has 6 nitrogen and oxygen atoms in total. The molecule has 2 N–H and O–H groups in total. The van der Waals surface area contributed by atoms with Crippen LogP contribution in [0.5, 0.6) is 0 Å². The van der Waals surface area contributed by atoms with Gasteiger partial charge in [0.25, 0.3) is 5.91 Å². The third kappa shape index (κ3) is 3.78. The molecule has 1 saturated carbocycles. The standard InChI is InChI=1S/C17H20F2N4O2/c1-9(12-6-5-11(18)7-14(12)19)13(10-3-4-10)8-20-16(24)15-21-17(25)23(2)22-15/h5-7,9-10,13H,3-4,8H2,1-2H3,(H,20,24)(H,21,22,25)/t9-,13-/m1/s1. The summed E-state index contributed by atoms with van der Waals surface area (Å²) in [6, 6.07) is 3.59. The Balaban J connectivity index is 1.71. The molecule has 3 rings (SSSR count). The summed E-state index contributed by atoms with van der Waals surface area (Å²) >= 11 is 0. The van der Waals surface area contributed by atoms with E-state index in [0.29, 0.717) is 18.0 Å². The second-order valence-electron chi connectivity index (χ2n) is 6.57. The molecule has 1 aromatic carbocycles. The molecule has 0 bridgehead atoms. The number of hydrogen-bond acceptors (Lipinski definition) is 3. The van der Waals surface area contributed by atoms with E-state index in [1.54, 1.807) is 0 Å². The molecule has 2 atom stereocenters. The van der Waals surface area contributed by atoms with Crippen LogP contribution in [0.3, 0.4) is 0 Å². The number of aryl methyl sites for hydroxylation is 1. The Morgan fingerprint density at radius 3 is 2.72 bits per heavy atom. The number of H-pyrrole nitrogens is 1. The highest BCUT2D eigenvalue weighted by Gasteiger charge is 2.36. The molecule has 0 saturated heterocycles. The first kappa shape index (κ1) is 17.3. The summed E-state index contributed by atoms with van der Waals surface area (Å²) in [6.45, 7) is 2.22. The SMILES string of the molecule is C[C@H](c1ccc(F)cc1F)[C@@H](CNC(=O)c1nn(C)c(=O)[nH]1)C1CC1. The van der Waals surface area contributed by atoms with Crippen molar-refractivity contribution in [3.05, 3.63) is 51.7 Å². The fourth-order valence-corrected chi connectivity index (χ4v) is 3.18. The number of aromatic nitrogens is 3. The van der Waals surface area contributed by atoms with Gasteiger partial charge in [0.05, 0.1) is 0 Å². The smallest absolute Gasteiger partial charge is 0.343 e. The maximum Gasteiger partial charge on any atom is 0.343 e. The quantitative estimate of drug-likeness (QED) is 0.836. The third-order valence-electron chi connectivity index (χ3n) is 4.81. The van der Waals surface area contributed by atoms with Crippen molar-refractivity contribution in [2.45, 2.75) is 25.7 Å². The van der Waals surface area contributed by atoms with Gasteiger partial charge in [0, 0.05) is 19.7 Å². The van der Waals surface area contributed by atoms with Crippen LogP contribution in [0.4, 0.5) is 8.78 Å². The maximum absolute atomic E-state index is 14.1. The molecule has 1 aliphatic carbocycles. The van der Waals surface area contributed by atoms with Crippen molar-refractivity contribution in [1.82, 2.24) is 20.1 Å². The van der Waals surface area contributed by atoms with Crippen molar-refractivity contribution in [3.8, 4) is 0 Å². The van der Waals surface area contributed by atoms with Gasteiger partial charge in [-0.15, -0.1) is 5.10 Å². The lowest BCUT2D eigenvalue weighted by Crippen LogP contribution is -2.33. The van der Waals surface area contributed by atoms with Gasteiger partial charge in [-0.05, 0) is 42.2 Å². The van der Waals surface area contributed by atoms with Crippen LogP contribution in [0.15, 0.2) is 23.0 Å². The van der Waals surface area contributed by atoms with Crippen molar-refractivity contribution in [2.75, 3.05) is 6.54 Å². The van der Waals surface area contributed by atoms with Gasteiger partial charge >= 0.3 is 5.69 Å². The van der Waals surface area contributed by atoms with Crippen LogP contribution in [0.1, 0.15) is 41.9 Å². The number of nitrogens with one attached hydrogen (secondary N) is 2. The van der Waals surface area contributed by atoms with Crippen molar-refractivity contribution in [2.24, 2.45) is 18.9 Å². The molecular weight excluding hydrogens is 330 g/mol. The predicted octanol–water partition coefficient (Wildman–Crippen LogP) is 1.95. The molecule has 0 radical (unpaired) electrons. The number of carbonyl (C=O) groups excluding carboxylic acids is 1. The van der Waals surface area contributed by atoms with Crippen molar-refractivity contribution < 1.29 is 13.6 Å². The molecule has 1 heterocycles. The van der Waals surface area contributed by atoms with E-state index in [0.717, 1.165) is 23.6 Å². The first-order valence-corrected chi connectivity index (χ1v) is 8.23. The minimum atomic E-state index is -0.608. The van der Waals surface area contributed by atoms with E-state index >= 15 is 0 Å². The molecule has 0 unspecified atom stereocenters. The second kappa shape index (κ2) is 6.78. The van der Waals surface area contributed by atoms with Gasteiger partial charge in [0.1, 0.15) is 11.6 Å². The number of amides is 1. The molecule has 1 fully saturated rings. The Morgan fingerprint density at radius 2 is 2.16 bits per heavy atom. The van der Waals surface area contributed by atoms with Gasteiger partial charge in [0.2, 0.25) is 5.82 Å². The Kier molecular flexibility index (Phi) is 4.69. The monoisotopic (exact) mass is 350 g/mol. The minimum absolute atomic E-state index is 0.0272. The van der Waals surface area contributed by atoms with Crippen LogP contribution in [0.2, 0.25) is 0 Å². The molecule has 1 amide bonds. The summed E-state index contributed by atoms with van der Waals surface area (Å²) in [5, 5.41) is 6.57. The average Bonchev–Trinajstić information content (AvgIpc) is 3.33. The fraction of sp³-hybridized carbons (Fsp3) is 0.471. The Labute approximate surface area is 143 Å². The number of rotatable bonds is 6. The van der Waals surface area contributed by atoms with Gasteiger partial charge in [0.15, 0.2) is 0 Å².